The van der Waals surface area contributed by atoms with E-state index < -0.39 is 52.9 Å². The van der Waals surface area contributed by atoms with Crippen LogP contribution in [0.5, 0.6) is 0 Å². The molecule has 2 amide bonds. The summed E-state index contributed by atoms with van der Waals surface area (Å²) in [6, 6.07) is 8.62. The fraction of sp³-hybridized carbons (Fsp3) is 0.267. The molecule has 224 valence electrons. The number of aryl methyl sites for hydroxylation is 1. The Labute approximate surface area is 247 Å². The summed E-state index contributed by atoms with van der Waals surface area (Å²) in [6.45, 7) is -0.622. The van der Waals surface area contributed by atoms with Gasteiger partial charge in [0.2, 0.25) is 5.91 Å². The van der Waals surface area contributed by atoms with E-state index in [2.05, 4.69) is 15.4 Å². The van der Waals surface area contributed by atoms with Crippen molar-refractivity contribution in [3.63, 3.8) is 0 Å². The molecule has 1 aliphatic rings. The normalized spacial score (nSPS) is 13.8. The van der Waals surface area contributed by atoms with Crippen LogP contribution < -0.4 is 11.1 Å². The Morgan fingerprint density at radius 2 is 1.77 bits per heavy atom. The SMILES string of the molecule is NC(=O)c1cc(-c2cccnc2C(Cc2cc(F)cc(F)c2)NC(=O)Cn2nc3c(c2C(F)(F)Cl)CCCC3)ccc1F. The zero-order valence-electron chi connectivity index (χ0n) is 22.5. The quantitative estimate of drug-likeness (QED) is 0.185. The predicted octanol–water partition coefficient (Wildman–Crippen LogP) is 5.73. The average Bonchev–Trinajstić information content (AvgIpc) is 3.30. The maximum absolute atomic E-state index is 14.5. The Bertz CT molecular complexity index is 1680. The number of alkyl halides is 3. The highest BCUT2D eigenvalue weighted by molar-refractivity contribution is 6.21. The van der Waals surface area contributed by atoms with Gasteiger partial charge in [-0.25, -0.2) is 13.2 Å². The number of amides is 2. The molecule has 0 saturated carbocycles. The summed E-state index contributed by atoms with van der Waals surface area (Å²) in [5, 5.41) is 3.20. The maximum atomic E-state index is 14.5. The summed E-state index contributed by atoms with van der Waals surface area (Å²) < 4.78 is 72.2. The molecule has 1 aliphatic carbocycles. The minimum Gasteiger partial charge on any atom is -0.366 e. The van der Waals surface area contributed by atoms with Gasteiger partial charge in [0.05, 0.1) is 23.0 Å². The topological polar surface area (TPSA) is 103 Å². The van der Waals surface area contributed by atoms with E-state index in [9.17, 15) is 31.5 Å². The molecule has 1 atom stereocenters. The van der Waals surface area contributed by atoms with Crippen molar-refractivity contribution in [2.45, 2.75) is 50.1 Å². The van der Waals surface area contributed by atoms with Gasteiger partial charge in [0.1, 0.15) is 29.7 Å². The Hall–Kier alpha value is -4.32. The summed E-state index contributed by atoms with van der Waals surface area (Å²) >= 11 is 5.43. The fourth-order valence-corrected chi connectivity index (χ4v) is 5.63. The molecule has 4 aromatic rings. The second kappa shape index (κ2) is 12.1. The summed E-state index contributed by atoms with van der Waals surface area (Å²) in [6.07, 6.45) is 3.52. The Balaban J connectivity index is 1.53. The van der Waals surface area contributed by atoms with Crippen molar-refractivity contribution >= 4 is 23.4 Å². The number of carbonyl (C=O) groups excluding carboxylic acids is 2. The molecule has 7 nitrogen and oxygen atoms in total. The summed E-state index contributed by atoms with van der Waals surface area (Å²) in [5.74, 6) is -4.28. The van der Waals surface area contributed by atoms with E-state index in [1.54, 1.807) is 12.1 Å². The van der Waals surface area contributed by atoms with Gasteiger partial charge in [-0.3, -0.25) is 19.3 Å². The molecule has 0 saturated heterocycles. The molecule has 2 aromatic carbocycles. The predicted molar refractivity (Wildman–Crippen MR) is 148 cm³/mol. The van der Waals surface area contributed by atoms with Crippen LogP contribution in [0.3, 0.4) is 0 Å². The van der Waals surface area contributed by atoms with Crippen LogP contribution in [-0.4, -0.2) is 26.6 Å². The first kappa shape index (κ1) is 30.1. The van der Waals surface area contributed by atoms with E-state index in [1.807, 2.05) is 0 Å². The second-order valence-electron chi connectivity index (χ2n) is 10.2. The van der Waals surface area contributed by atoms with Crippen LogP contribution in [0.15, 0.2) is 54.7 Å². The number of nitrogens with two attached hydrogens (primary N) is 1. The van der Waals surface area contributed by atoms with Crippen molar-refractivity contribution in [1.82, 2.24) is 20.1 Å². The Morgan fingerprint density at radius 1 is 1.05 bits per heavy atom. The van der Waals surface area contributed by atoms with Crippen LogP contribution >= 0.6 is 11.6 Å². The number of aromatic nitrogens is 3. The first-order valence-electron chi connectivity index (χ1n) is 13.4. The zero-order valence-corrected chi connectivity index (χ0v) is 23.3. The molecule has 13 heteroatoms. The van der Waals surface area contributed by atoms with E-state index in [0.717, 1.165) is 29.3 Å². The number of hydrogen-bond acceptors (Lipinski definition) is 4. The Kier molecular flexibility index (Phi) is 8.50. The van der Waals surface area contributed by atoms with Crippen molar-refractivity contribution in [2.24, 2.45) is 5.73 Å². The molecule has 0 spiro atoms. The number of fused-ring (bicyclic) bond motifs is 1. The van der Waals surface area contributed by atoms with Crippen molar-refractivity contribution in [1.29, 1.82) is 0 Å². The number of benzene rings is 2. The molecular weight excluding hydrogens is 593 g/mol. The van der Waals surface area contributed by atoms with Crippen LogP contribution in [-0.2, 0) is 36.0 Å². The zero-order chi connectivity index (χ0) is 30.9. The second-order valence-corrected chi connectivity index (χ2v) is 10.7. The van der Waals surface area contributed by atoms with Crippen molar-refractivity contribution < 1.29 is 31.5 Å². The number of hydrogen-bond donors (Lipinski definition) is 2. The number of rotatable bonds is 9. The number of nitrogens with zero attached hydrogens (tertiary/aromatic N) is 3. The van der Waals surface area contributed by atoms with Gasteiger partial charge >= 0.3 is 5.38 Å². The van der Waals surface area contributed by atoms with E-state index in [4.69, 9.17) is 17.3 Å². The van der Waals surface area contributed by atoms with Crippen LogP contribution in [0.1, 0.15) is 57.5 Å². The van der Waals surface area contributed by atoms with Gasteiger partial charge in [0.25, 0.3) is 5.91 Å². The molecule has 43 heavy (non-hydrogen) atoms. The van der Waals surface area contributed by atoms with E-state index in [-0.39, 0.29) is 23.2 Å². The van der Waals surface area contributed by atoms with Gasteiger partial charge in [-0.05, 0) is 85.2 Å². The van der Waals surface area contributed by atoms with E-state index >= 15 is 0 Å². The van der Waals surface area contributed by atoms with Crippen molar-refractivity contribution in [3.8, 4) is 11.1 Å². The first-order chi connectivity index (χ1) is 20.4. The molecule has 2 aromatic heterocycles. The largest absolute Gasteiger partial charge is 0.366 e. The Morgan fingerprint density at radius 3 is 2.47 bits per heavy atom. The van der Waals surface area contributed by atoms with Crippen LogP contribution in [0.2, 0.25) is 0 Å². The van der Waals surface area contributed by atoms with Gasteiger partial charge in [-0.1, -0.05) is 12.1 Å². The van der Waals surface area contributed by atoms with Gasteiger partial charge in [-0.2, -0.15) is 13.9 Å². The van der Waals surface area contributed by atoms with Gasteiger partial charge in [0.15, 0.2) is 0 Å². The number of carbonyl (C=O) groups is 2. The van der Waals surface area contributed by atoms with Crippen LogP contribution in [0, 0.1) is 17.5 Å². The number of nitrogens with one attached hydrogen (secondary N) is 1. The lowest BCUT2D eigenvalue weighted by atomic mass is 9.94. The molecule has 2 heterocycles. The summed E-state index contributed by atoms with van der Waals surface area (Å²) in [7, 11) is 0. The lowest BCUT2D eigenvalue weighted by molar-refractivity contribution is -0.122. The van der Waals surface area contributed by atoms with Crippen molar-refractivity contribution in [2.75, 3.05) is 0 Å². The third-order valence-electron chi connectivity index (χ3n) is 7.19. The highest BCUT2D eigenvalue weighted by Crippen LogP contribution is 2.38. The van der Waals surface area contributed by atoms with Crippen LogP contribution in [0.25, 0.3) is 11.1 Å². The molecule has 0 bridgehead atoms. The minimum absolute atomic E-state index is 0.164. The van der Waals surface area contributed by atoms with E-state index in [1.165, 1.54) is 18.3 Å². The average molecular weight is 618 g/mol. The monoisotopic (exact) mass is 617 g/mol. The molecule has 0 aliphatic heterocycles. The number of pyridine rings is 1. The fourth-order valence-electron chi connectivity index (χ4n) is 5.42. The molecule has 0 radical (unpaired) electrons. The first-order valence-corrected chi connectivity index (χ1v) is 13.7. The minimum atomic E-state index is -3.77. The van der Waals surface area contributed by atoms with Crippen molar-refractivity contribution in [3.05, 3.63) is 106 Å². The lowest BCUT2D eigenvalue weighted by Crippen LogP contribution is -2.34. The summed E-state index contributed by atoms with van der Waals surface area (Å²) in [5.41, 5.74) is 6.21. The smallest absolute Gasteiger partial charge is 0.364 e. The lowest BCUT2D eigenvalue weighted by Gasteiger charge is -2.22. The third-order valence-corrected chi connectivity index (χ3v) is 7.37. The van der Waals surface area contributed by atoms with Gasteiger partial charge < -0.3 is 11.1 Å². The van der Waals surface area contributed by atoms with Gasteiger partial charge in [0, 0.05) is 23.4 Å². The highest BCUT2D eigenvalue weighted by Gasteiger charge is 2.38. The van der Waals surface area contributed by atoms with Gasteiger partial charge in [-0.15, -0.1) is 0 Å². The summed E-state index contributed by atoms with van der Waals surface area (Å²) in [4.78, 5) is 29.6. The highest BCUT2D eigenvalue weighted by atomic mass is 35.5. The maximum Gasteiger partial charge on any atom is 0.364 e. The molecule has 5 rings (SSSR count). The molecule has 3 N–H and O–H groups in total. The third kappa shape index (κ3) is 6.69. The molecule has 0 fully saturated rings. The number of halogens is 6. The molecule has 1 unspecified atom stereocenters. The standard InChI is InChI=1S/C30H25ClF5N5O2/c31-30(35,36)28-21-4-1-2-6-24(21)40-41(28)15-26(42)39-25(12-16-10-18(32)14-19(33)11-16)27-20(5-3-9-38-27)17-7-8-23(34)22(13-17)29(37)43/h3,5,7-11,13-14,25H,1-2,4,6,12,15H2,(H2,37,43)(H,39,42). The van der Waals surface area contributed by atoms with E-state index in [0.29, 0.717) is 47.7 Å². The number of primary amides is 1. The van der Waals surface area contributed by atoms with Crippen LogP contribution in [0.4, 0.5) is 22.0 Å². The molecular formula is C30H25ClF5N5O2.